The topological polar surface area (TPSA) is 58.6 Å². The van der Waals surface area contributed by atoms with Crippen LogP contribution in [0.3, 0.4) is 0 Å². The number of nitrogens with zero attached hydrogens (tertiary/aromatic N) is 1. The molecule has 0 spiro atoms. The van der Waals surface area contributed by atoms with E-state index in [2.05, 4.69) is 26.1 Å². The van der Waals surface area contributed by atoms with Crippen LogP contribution >= 0.6 is 0 Å². The van der Waals surface area contributed by atoms with Crippen LogP contribution in [-0.2, 0) is 14.3 Å². The molecule has 2 aromatic carbocycles. The van der Waals surface area contributed by atoms with Crippen LogP contribution < -0.4 is 5.32 Å². The summed E-state index contributed by atoms with van der Waals surface area (Å²) in [7, 11) is 0. The first-order valence-corrected chi connectivity index (χ1v) is 11.2. The van der Waals surface area contributed by atoms with Gasteiger partial charge in [-0.3, -0.25) is 14.5 Å². The van der Waals surface area contributed by atoms with Crippen LogP contribution in [0.1, 0.15) is 57.1 Å². The molecule has 0 saturated heterocycles. The highest BCUT2D eigenvalue weighted by atomic mass is 19.1. The Bertz CT molecular complexity index is 966. The molecule has 0 aromatic heterocycles. The van der Waals surface area contributed by atoms with Gasteiger partial charge < -0.3 is 10.1 Å². The molecule has 32 heavy (non-hydrogen) atoms. The molecule has 0 fully saturated rings. The summed E-state index contributed by atoms with van der Waals surface area (Å²) in [6, 6.07) is 13.4. The first kappa shape index (κ1) is 23.7. The van der Waals surface area contributed by atoms with E-state index < -0.39 is 5.82 Å². The van der Waals surface area contributed by atoms with E-state index in [1.54, 1.807) is 0 Å². The van der Waals surface area contributed by atoms with Crippen molar-refractivity contribution in [3.8, 4) is 0 Å². The minimum Gasteiger partial charge on any atom is -0.381 e. The Morgan fingerprint density at radius 3 is 2.22 bits per heavy atom. The maximum Gasteiger partial charge on any atom is 0.278 e. The molecule has 0 radical (unpaired) electrons. The van der Waals surface area contributed by atoms with Crippen molar-refractivity contribution in [2.24, 2.45) is 0 Å². The van der Waals surface area contributed by atoms with E-state index in [9.17, 15) is 14.0 Å². The molecule has 6 heteroatoms. The summed E-state index contributed by atoms with van der Waals surface area (Å²) < 4.78 is 19.0. The normalized spacial score (nSPS) is 14.1. The van der Waals surface area contributed by atoms with Crippen molar-refractivity contribution >= 4 is 23.1 Å². The number of carbonyl (C=O) groups excluding carboxylic acids is 2. The second kappa shape index (κ2) is 11.0. The Hall–Kier alpha value is -2.99. The lowest BCUT2D eigenvalue weighted by atomic mass is 10.0. The summed E-state index contributed by atoms with van der Waals surface area (Å²) in [6.07, 6.45) is 2.61. The first-order chi connectivity index (χ1) is 15.4. The van der Waals surface area contributed by atoms with Crippen LogP contribution in [0.2, 0.25) is 0 Å². The van der Waals surface area contributed by atoms with Crippen molar-refractivity contribution in [1.29, 1.82) is 0 Å². The number of amides is 2. The Labute approximate surface area is 189 Å². The van der Waals surface area contributed by atoms with Gasteiger partial charge in [-0.1, -0.05) is 51.5 Å². The van der Waals surface area contributed by atoms with E-state index in [4.69, 9.17) is 4.74 Å². The highest BCUT2D eigenvalue weighted by molar-refractivity contribution is 6.36. The minimum absolute atomic E-state index is 0.214. The van der Waals surface area contributed by atoms with E-state index in [1.165, 1.54) is 34.7 Å². The molecule has 0 aliphatic carbocycles. The number of hydrogen-bond acceptors (Lipinski definition) is 4. The number of benzene rings is 2. The monoisotopic (exact) mass is 438 g/mol. The molecular weight excluding hydrogens is 407 g/mol. The predicted octanol–water partition coefficient (Wildman–Crippen LogP) is 5.35. The maximum absolute atomic E-state index is 13.5. The van der Waals surface area contributed by atoms with Gasteiger partial charge in [-0.05, 0) is 54.2 Å². The number of ether oxygens (including phenoxy) is 1. The average molecular weight is 439 g/mol. The minimum atomic E-state index is -0.397. The van der Waals surface area contributed by atoms with Crippen LogP contribution in [0.5, 0.6) is 0 Å². The number of halogens is 1. The fraction of sp³-hybridized carbons (Fsp3) is 0.385. The molecule has 2 aromatic rings. The van der Waals surface area contributed by atoms with Crippen LogP contribution in [0.15, 0.2) is 54.2 Å². The molecule has 1 N–H and O–H groups in total. The van der Waals surface area contributed by atoms with Crippen molar-refractivity contribution in [2.45, 2.75) is 46.0 Å². The summed E-state index contributed by atoms with van der Waals surface area (Å²) in [4.78, 5) is 27.6. The second-order valence-electron chi connectivity index (χ2n) is 8.24. The number of nitrogens with one attached hydrogen (secondary N) is 1. The third-order valence-corrected chi connectivity index (χ3v) is 5.46. The lowest BCUT2D eigenvalue weighted by Crippen LogP contribution is -2.34. The first-order valence-electron chi connectivity index (χ1n) is 11.2. The molecule has 1 aliphatic rings. The fourth-order valence-electron chi connectivity index (χ4n) is 3.55. The van der Waals surface area contributed by atoms with Gasteiger partial charge in [0.25, 0.3) is 11.8 Å². The highest BCUT2D eigenvalue weighted by Crippen LogP contribution is 2.31. The van der Waals surface area contributed by atoms with Gasteiger partial charge in [0.15, 0.2) is 0 Å². The van der Waals surface area contributed by atoms with Crippen molar-refractivity contribution in [3.05, 3.63) is 71.2 Å². The van der Waals surface area contributed by atoms with Crippen LogP contribution in [-0.4, -0.2) is 36.5 Å². The molecule has 0 unspecified atom stereocenters. The van der Waals surface area contributed by atoms with Gasteiger partial charge in [0, 0.05) is 25.4 Å². The van der Waals surface area contributed by atoms with Crippen LogP contribution in [0.4, 0.5) is 10.1 Å². The molecule has 170 valence electrons. The number of anilines is 1. The van der Waals surface area contributed by atoms with Gasteiger partial charge >= 0.3 is 0 Å². The Morgan fingerprint density at radius 2 is 1.59 bits per heavy atom. The lowest BCUT2D eigenvalue weighted by Gasteiger charge is -2.15. The number of rotatable bonds is 11. The van der Waals surface area contributed by atoms with E-state index in [0.717, 1.165) is 18.5 Å². The summed E-state index contributed by atoms with van der Waals surface area (Å²) in [6.45, 7) is 7.75. The quantitative estimate of drug-likeness (QED) is 0.380. The van der Waals surface area contributed by atoms with Gasteiger partial charge in [-0.2, -0.15) is 0 Å². The Morgan fingerprint density at radius 1 is 0.938 bits per heavy atom. The third kappa shape index (κ3) is 5.62. The Kier molecular flexibility index (Phi) is 8.17. The van der Waals surface area contributed by atoms with Gasteiger partial charge in [-0.25, -0.2) is 4.39 Å². The predicted molar refractivity (Wildman–Crippen MR) is 125 cm³/mol. The standard InChI is InChI=1S/C26H31FN2O3/c1-4-5-16-32-17-6-15-29-25(30)23(20-7-11-21(27)12-8-20)24(26(29)31)28-22-13-9-19(10-14-22)18(2)3/h7-14,18,28H,4-6,15-17H2,1-3H3. The molecule has 0 bridgehead atoms. The zero-order valence-corrected chi connectivity index (χ0v) is 19.0. The van der Waals surface area contributed by atoms with Gasteiger partial charge in [0.1, 0.15) is 11.5 Å². The summed E-state index contributed by atoms with van der Waals surface area (Å²) in [5.41, 5.74) is 2.88. The highest BCUT2D eigenvalue weighted by Gasteiger charge is 2.38. The van der Waals surface area contributed by atoms with E-state index in [-0.39, 0.29) is 29.6 Å². The SMILES string of the molecule is CCCCOCCCN1C(=O)C(Nc2ccc(C(C)C)cc2)=C(c2ccc(F)cc2)C1=O. The van der Waals surface area contributed by atoms with E-state index in [1.807, 2.05) is 24.3 Å². The number of carbonyl (C=O) groups is 2. The molecule has 1 heterocycles. The number of hydrogen-bond donors (Lipinski definition) is 1. The zero-order valence-electron chi connectivity index (χ0n) is 19.0. The Balaban J connectivity index is 1.82. The van der Waals surface area contributed by atoms with Gasteiger partial charge in [0.05, 0.1) is 5.57 Å². The van der Waals surface area contributed by atoms with Crippen LogP contribution in [0.25, 0.3) is 5.57 Å². The van der Waals surface area contributed by atoms with E-state index >= 15 is 0 Å². The lowest BCUT2D eigenvalue weighted by molar-refractivity contribution is -0.137. The van der Waals surface area contributed by atoms with Gasteiger partial charge in [-0.15, -0.1) is 0 Å². The number of unbranched alkanes of at least 4 members (excludes halogenated alkanes) is 1. The fourth-order valence-corrected chi connectivity index (χ4v) is 3.55. The maximum atomic E-state index is 13.5. The van der Waals surface area contributed by atoms with Crippen LogP contribution in [0, 0.1) is 5.82 Å². The summed E-state index contributed by atoms with van der Waals surface area (Å²) >= 11 is 0. The molecule has 3 rings (SSSR count). The average Bonchev–Trinajstić information content (AvgIpc) is 3.01. The molecule has 1 aliphatic heterocycles. The molecule has 0 atom stereocenters. The van der Waals surface area contributed by atoms with Crippen molar-refractivity contribution < 1.29 is 18.7 Å². The summed E-state index contributed by atoms with van der Waals surface area (Å²) in [5.74, 6) is -0.763. The van der Waals surface area contributed by atoms with E-state index in [0.29, 0.717) is 31.1 Å². The van der Waals surface area contributed by atoms with Crippen molar-refractivity contribution in [3.63, 3.8) is 0 Å². The molecular formula is C26H31FN2O3. The zero-order chi connectivity index (χ0) is 23.1. The molecule has 0 saturated carbocycles. The van der Waals surface area contributed by atoms with Gasteiger partial charge in [0.2, 0.25) is 0 Å². The summed E-state index contributed by atoms with van der Waals surface area (Å²) in [5, 5.41) is 3.14. The number of imide groups is 1. The molecule has 2 amide bonds. The second-order valence-corrected chi connectivity index (χ2v) is 8.24. The molecule has 5 nitrogen and oxygen atoms in total. The van der Waals surface area contributed by atoms with Crippen molar-refractivity contribution in [1.82, 2.24) is 4.90 Å². The smallest absolute Gasteiger partial charge is 0.278 e. The third-order valence-electron chi connectivity index (χ3n) is 5.46. The van der Waals surface area contributed by atoms with Crippen molar-refractivity contribution in [2.75, 3.05) is 25.1 Å². The largest absolute Gasteiger partial charge is 0.381 e.